The molecular weight excluding hydrogens is 506 g/mol. The van der Waals surface area contributed by atoms with Crippen LogP contribution in [0.4, 0.5) is 23.1 Å². The standard InChI is InChI=1S/C30H43N7O3/c1-6-21(13-16-35(2)3)32-27(38)20-11-12-23(25(17-20)40-5)33-29-31-18-24-26(34-29)37(22-9-7-8-10-22)19-30(14-15-30)28(39)36(24)4/h11-12,17-18,21-22H,6-10,13-16,19H2,1-5H3,(H,32,38)(H,31,33,34). The van der Waals surface area contributed by atoms with Gasteiger partial charge < -0.3 is 30.1 Å². The minimum atomic E-state index is -0.297. The van der Waals surface area contributed by atoms with Gasteiger partial charge in [-0.1, -0.05) is 19.8 Å². The molecule has 0 bridgehead atoms. The zero-order valence-electron chi connectivity index (χ0n) is 24.5. The Labute approximate surface area is 237 Å². The van der Waals surface area contributed by atoms with Crippen LogP contribution in [0.2, 0.25) is 0 Å². The van der Waals surface area contributed by atoms with Crippen LogP contribution in [0, 0.1) is 5.41 Å². The van der Waals surface area contributed by atoms with Crippen molar-refractivity contribution in [3.8, 4) is 5.75 Å². The Morgan fingerprint density at radius 1 is 1.25 bits per heavy atom. The largest absolute Gasteiger partial charge is 0.495 e. The number of methoxy groups -OCH3 is 1. The summed E-state index contributed by atoms with van der Waals surface area (Å²) in [5, 5.41) is 6.45. The van der Waals surface area contributed by atoms with Gasteiger partial charge in [-0.3, -0.25) is 9.59 Å². The van der Waals surface area contributed by atoms with Gasteiger partial charge in [0.05, 0.1) is 24.4 Å². The fraction of sp³-hybridized carbons (Fsp3) is 0.600. The van der Waals surface area contributed by atoms with E-state index < -0.39 is 0 Å². The van der Waals surface area contributed by atoms with Crippen molar-refractivity contribution in [1.29, 1.82) is 0 Å². The number of ether oxygens (including phenoxy) is 1. The van der Waals surface area contributed by atoms with Crippen LogP contribution < -0.4 is 25.2 Å². The highest BCUT2D eigenvalue weighted by Crippen LogP contribution is 2.52. The van der Waals surface area contributed by atoms with E-state index in [9.17, 15) is 9.59 Å². The molecule has 2 aromatic rings. The lowest BCUT2D eigenvalue weighted by Crippen LogP contribution is -2.41. The summed E-state index contributed by atoms with van der Waals surface area (Å²) in [5.41, 5.74) is 1.66. The number of carbonyl (C=O) groups is 2. The Morgan fingerprint density at radius 2 is 2.00 bits per heavy atom. The van der Waals surface area contributed by atoms with E-state index in [4.69, 9.17) is 9.72 Å². The molecule has 1 atom stereocenters. The van der Waals surface area contributed by atoms with Crippen LogP contribution in [-0.4, -0.2) is 80.1 Å². The molecule has 1 aromatic carbocycles. The third-order valence-electron chi connectivity index (χ3n) is 8.70. The first-order chi connectivity index (χ1) is 19.2. The first-order valence-corrected chi connectivity index (χ1v) is 14.6. The maximum atomic E-state index is 13.3. The highest BCUT2D eigenvalue weighted by Gasteiger charge is 2.55. The van der Waals surface area contributed by atoms with Crippen molar-refractivity contribution in [3.05, 3.63) is 30.0 Å². The van der Waals surface area contributed by atoms with E-state index in [2.05, 4.69) is 32.3 Å². The van der Waals surface area contributed by atoms with Crippen molar-refractivity contribution in [1.82, 2.24) is 20.2 Å². The van der Waals surface area contributed by atoms with Crippen LogP contribution >= 0.6 is 0 Å². The zero-order valence-corrected chi connectivity index (χ0v) is 24.5. The average molecular weight is 550 g/mol. The molecule has 1 aliphatic heterocycles. The van der Waals surface area contributed by atoms with Gasteiger partial charge in [-0.15, -0.1) is 0 Å². The van der Waals surface area contributed by atoms with E-state index in [0.29, 0.717) is 35.5 Å². The maximum Gasteiger partial charge on any atom is 0.251 e. The van der Waals surface area contributed by atoms with Crippen LogP contribution in [0.5, 0.6) is 5.75 Å². The number of nitrogens with zero attached hydrogens (tertiary/aromatic N) is 5. The van der Waals surface area contributed by atoms with Crippen molar-refractivity contribution in [3.63, 3.8) is 0 Å². The Morgan fingerprint density at radius 3 is 2.65 bits per heavy atom. The van der Waals surface area contributed by atoms with E-state index in [0.717, 1.165) is 56.6 Å². The molecule has 1 spiro atoms. The number of hydrogen-bond acceptors (Lipinski definition) is 8. The zero-order chi connectivity index (χ0) is 28.4. The Hall–Kier alpha value is -3.40. The van der Waals surface area contributed by atoms with Gasteiger partial charge in [-0.05, 0) is 77.4 Å². The second-order valence-corrected chi connectivity index (χ2v) is 11.8. The summed E-state index contributed by atoms with van der Waals surface area (Å²) in [5.74, 6) is 1.82. The summed E-state index contributed by atoms with van der Waals surface area (Å²) in [7, 11) is 7.49. The number of fused-ring (bicyclic) bond motifs is 1. The number of aromatic nitrogens is 2. The molecule has 5 rings (SSSR count). The fourth-order valence-electron chi connectivity index (χ4n) is 5.97. The molecule has 0 saturated heterocycles. The second-order valence-electron chi connectivity index (χ2n) is 11.8. The van der Waals surface area contributed by atoms with Crippen molar-refractivity contribution >= 4 is 35.0 Å². The number of hydrogen-bond donors (Lipinski definition) is 2. The Bertz CT molecular complexity index is 1240. The number of rotatable bonds is 10. The lowest BCUT2D eigenvalue weighted by atomic mass is 10.0. The SMILES string of the molecule is CCC(CCN(C)C)NC(=O)c1ccc(Nc2ncc3c(n2)N(C2CCCC2)CC2(CC2)C(=O)N3C)c(OC)c1. The number of nitrogens with one attached hydrogen (secondary N) is 2. The number of benzene rings is 1. The van der Waals surface area contributed by atoms with E-state index in [-0.39, 0.29) is 23.3 Å². The average Bonchev–Trinajstić information content (AvgIpc) is 3.56. The van der Waals surface area contributed by atoms with E-state index in [1.807, 2.05) is 27.2 Å². The predicted octanol–water partition coefficient (Wildman–Crippen LogP) is 4.19. The fourth-order valence-corrected chi connectivity index (χ4v) is 5.97. The number of anilines is 4. The van der Waals surface area contributed by atoms with Gasteiger partial charge >= 0.3 is 0 Å². The van der Waals surface area contributed by atoms with Gasteiger partial charge in [0.25, 0.3) is 5.91 Å². The molecule has 10 nitrogen and oxygen atoms in total. The van der Waals surface area contributed by atoms with Crippen LogP contribution in [0.15, 0.2) is 24.4 Å². The summed E-state index contributed by atoms with van der Waals surface area (Å²) in [6.45, 7) is 3.71. The maximum absolute atomic E-state index is 13.3. The van der Waals surface area contributed by atoms with Crippen molar-refractivity contribution in [2.75, 3.05) is 56.5 Å². The van der Waals surface area contributed by atoms with Gasteiger partial charge in [-0.25, -0.2) is 4.98 Å². The molecule has 216 valence electrons. The quantitative estimate of drug-likeness (QED) is 0.455. The lowest BCUT2D eigenvalue weighted by molar-refractivity contribution is -0.122. The highest BCUT2D eigenvalue weighted by atomic mass is 16.5. The van der Waals surface area contributed by atoms with Gasteiger partial charge in [0.2, 0.25) is 11.9 Å². The molecule has 2 aliphatic carbocycles. The van der Waals surface area contributed by atoms with Crippen LogP contribution in [0.25, 0.3) is 0 Å². The minimum Gasteiger partial charge on any atom is -0.495 e. The molecule has 2 saturated carbocycles. The lowest BCUT2D eigenvalue weighted by Gasteiger charge is -2.31. The molecule has 10 heteroatoms. The van der Waals surface area contributed by atoms with Gasteiger partial charge in [0.15, 0.2) is 5.82 Å². The second kappa shape index (κ2) is 11.6. The molecule has 3 aliphatic rings. The van der Waals surface area contributed by atoms with Crippen LogP contribution in [-0.2, 0) is 4.79 Å². The first-order valence-electron chi connectivity index (χ1n) is 14.6. The molecular formula is C30H43N7O3. The summed E-state index contributed by atoms with van der Waals surface area (Å²) < 4.78 is 5.65. The van der Waals surface area contributed by atoms with Crippen molar-refractivity contribution in [2.24, 2.45) is 5.41 Å². The number of carbonyl (C=O) groups excluding carboxylic acids is 2. The molecule has 2 N–H and O–H groups in total. The minimum absolute atomic E-state index is 0.106. The molecule has 2 amide bonds. The van der Waals surface area contributed by atoms with E-state index >= 15 is 0 Å². The molecule has 2 heterocycles. The predicted molar refractivity (Wildman–Crippen MR) is 158 cm³/mol. The van der Waals surface area contributed by atoms with Crippen LogP contribution in [0.1, 0.15) is 68.6 Å². The van der Waals surface area contributed by atoms with Crippen molar-refractivity contribution < 1.29 is 14.3 Å². The van der Waals surface area contributed by atoms with Crippen molar-refractivity contribution in [2.45, 2.75) is 70.4 Å². The summed E-state index contributed by atoms with van der Waals surface area (Å²) >= 11 is 0. The summed E-state index contributed by atoms with van der Waals surface area (Å²) in [6.07, 6.45) is 10.0. The van der Waals surface area contributed by atoms with Gasteiger partial charge in [0.1, 0.15) is 11.4 Å². The molecule has 1 aromatic heterocycles. The summed E-state index contributed by atoms with van der Waals surface area (Å²) in [6, 6.07) is 5.85. The molecule has 1 unspecified atom stereocenters. The normalized spacial score (nSPS) is 19.0. The van der Waals surface area contributed by atoms with Crippen LogP contribution in [0.3, 0.4) is 0 Å². The topological polar surface area (TPSA) is 103 Å². The summed E-state index contributed by atoms with van der Waals surface area (Å²) in [4.78, 5) is 42.1. The first kappa shape index (κ1) is 28.1. The monoisotopic (exact) mass is 549 g/mol. The molecule has 0 radical (unpaired) electrons. The van der Waals surface area contributed by atoms with E-state index in [1.54, 1.807) is 30.3 Å². The molecule has 40 heavy (non-hydrogen) atoms. The van der Waals surface area contributed by atoms with Gasteiger partial charge in [-0.2, -0.15) is 4.98 Å². The van der Waals surface area contributed by atoms with Gasteiger partial charge in [0, 0.05) is 31.2 Å². The van der Waals surface area contributed by atoms with E-state index in [1.165, 1.54) is 12.8 Å². The third-order valence-corrected chi connectivity index (χ3v) is 8.70. The Kier molecular flexibility index (Phi) is 8.16. The number of amides is 2. The molecule has 2 fully saturated rings. The smallest absolute Gasteiger partial charge is 0.251 e. The highest BCUT2D eigenvalue weighted by molar-refractivity contribution is 6.03. The third kappa shape index (κ3) is 5.73. The Balaban J connectivity index is 1.38.